The molecule has 35 heavy (non-hydrogen) atoms. The highest BCUT2D eigenvalue weighted by atomic mass is 32.2. The molecule has 2 amide bonds. The zero-order valence-corrected chi connectivity index (χ0v) is 21.5. The van der Waals surface area contributed by atoms with Crippen LogP contribution in [0.1, 0.15) is 79.4 Å². The van der Waals surface area contributed by atoms with Crippen LogP contribution in [0.5, 0.6) is 0 Å². The highest BCUT2D eigenvalue weighted by Gasteiger charge is 2.39. The van der Waals surface area contributed by atoms with Gasteiger partial charge in [-0.3, -0.25) is 9.59 Å². The van der Waals surface area contributed by atoms with Gasteiger partial charge in [0.05, 0.1) is 5.92 Å². The van der Waals surface area contributed by atoms with Gasteiger partial charge >= 0.3 is 0 Å². The van der Waals surface area contributed by atoms with Crippen molar-refractivity contribution in [3.8, 4) is 0 Å². The summed E-state index contributed by atoms with van der Waals surface area (Å²) >= 11 is 0. The van der Waals surface area contributed by atoms with E-state index in [4.69, 9.17) is 4.42 Å². The summed E-state index contributed by atoms with van der Waals surface area (Å²) < 4.78 is 34.9. The predicted molar refractivity (Wildman–Crippen MR) is 129 cm³/mol. The molecule has 0 N–H and O–H groups in total. The molecule has 1 atom stereocenters. The molecule has 1 unspecified atom stereocenters. The van der Waals surface area contributed by atoms with Crippen molar-refractivity contribution >= 4 is 22.0 Å². The highest BCUT2D eigenvalue weighted by Crippen LogP contribution is 2.31. The lowest BCUT2D eigenvalue weighted by Crippen LogP contribution is -2.51. The second kappa shape index (κ2) is 10.2. The minimum absolute atomic E-state index is 0.0478. The summed E-state index contributed by atoms with van der Waals surface area (Å²) in [6.07, 6.45) is 6.77. The predicted octanol–water partition coefficient (Wildman–Crippen LogP) is 1.98. The molecule has 0 spiro atoms. The van der Waals surface area contributed by atoms with E-state index in [1.54, 1.807) is 11.2 Å². The Morgan fingerprint density at radius 1 is 0.829 bits per heavy atom. The fourth-order valence-electron chi connectivity index (χ4n) is 5.90. The van der Waals surface area contributed by atoms with Gasteiger partial charge < -0.3 is 14.2 Å². The van der Waals surface area contributed by atoms with E-state index in [1.165, 1.54) is 4.31 Å². The van der Waals surface area contributed by atoms with Crippen LogP contribution in [0.25, 0.3) is 0 Å². The summed E-state index contributed by atoms with van der Waals surface area (Å²) in [5.41, 5.74) is 0.418. The lowest BCUT2D eigenvalue weighted by molar-refractivity contribution is -0.137. The SMILES string of the molecule is Cc1oc(C2CCN(C(=O)C3CCCN(S(=O)(=O)N4CCCC4)C3)CC2)nc1C(=O)N1CCCC1. The van der Waals surface area contributed by atoms with Crippen molar-refractivity contribution in [1.82, 2.24) is 23.4 Å². The first kappa shape index (κ1) is 24.7. The van der Waals surface area contributed by atoms with Gasteiger partial charge in [-0.2, -0.15) is 17.0 Å². The monoisotopic (exact) mass is 507 g/mol. The fraction of sp³-hybridized carbons (Fsp3) is 0.792. The molecular formula is C24H37N5O5S. The van der Waals surface area contributed by atoms with E-state index in [9.17, 15) is 18.0 Å². The zero-order valence-electron chi connectivity index (χ0n) is 20.7. The van der Waals surface area contributed by atoms with Crippen LogP contribution in [0.3, 0.4) is 0 Å². The van der Waals surface area contributed by atoms with Gasteiger partial charge in [0, 0.05) is 58.3 Å². The lowest BCUT2D eigenvalue weighted by Gasteiger charge is -2.37. The molecule has 4 fully saturated rings. The van der Waals surface area contributed by atoms with Gasteiger partial charge in [0.2, 0.25) is 5.91 Å². The largest absolute Gasteiger partial charge is 0.445 e. The topological polar surface area (TPSA) is 107 Å². The standard InChI is InChI=1S/C24H37N5O5S/c1-18-21(24(31)26-10-2-3-11-26)25-22(34-18)19-8-15-27(16-9-19)23(30)20-7-6-14-29(17-20)35(32,33)28-12-4-5-13-28/h19-20H,2-17H2,1H3. The normalized spacial score (nSPS) is 25.5. The Kier molecular flexibility index (Phi) is 7.18. The van der Waals surface area contributed by atoms with E-state index in [0.717, 1.165) is 58.0 Å². The third-order valence-electron chi connectivity index (χ3n) is 8.02. The van der Waals surface area contributed by atoms with Gasteiger partial charge in [-0.15, -0.1) is 0 Å². The maximum absolute atomic E-state index is 13.3. The van der Waals surface area contributed by atoms with Gasteiger partial charge in [0.15, 0.2) is 11.6 Å². The van der Waals surface area contributed by atoms with Crippen LogP contribution in [0.2, 0.25) is 0 Å². The van der Waals surface area contributed by atoms with Crippen molar-refractivity contribution in [1.29, 1.82) is 0 Å². The van der Waals surface area contributed by atoms with Crippen LogP contribution in [-0.4, -0.2) is 96.0 Å². The van der Waals surface area contributed by atoms with Crippen LogP contribution >= 0.6 is 0 Å². The van der Waals surface area contributed by atoms with Gasteiger partial charge in [-0.05, 0) is 58.3 Å². The molecule has 0 aromatic carbocycles. The molecule has 1 aromatic heterocycles. The summed E-state index contributed by atoms with van der Waals surface area (Å²) in [4.78, 5) is 34.3. The Labute approximate surface area is 207 Å². The number of hydrogen-bond donors (Lipinski definition) is 0. The molecule has 0 saturated carbocycles. The van der Waals surface area contributed by atoms with E-state index in [-0.39, 0.29) is 30.2 Å². The second-order valence-corrected chi connectivity index (χ2v) is 12.3. The average Bonchev–Trinajstić information content (AvgIpc) is 3.66. The smallest absolute Gasteiger partial charge is 0.281 e. The molecule has 0 radical (unpaired) electrons. The van der Waals surface area contributed by atoms with Gasteiger partial charge in [-0.25, -0.2) is 4.98 Å². The number of aryl methyl sites for hydroxylation is 1. The number of carbonyl (C=O) groups is 2. The molecule has 4 aliphatic heterocycles. The molecular weight excluding hydrogens is 470 g/mol. The quantitative estimate of drug-likeness (QED) is 0.603. The van der Waals surface area contributed by atoms with Crippen molar-refractivity contribution in [3.63, 3.8) is 0 Å². The Morgan fingerprint density at radius 2 is 1.46 bits per heavy atom. The van der Waals surface area contributed by atoms with Crippen LogP contribution < -0.4 is 0 Å². The second-order valence-electron chi connectivity index (χ2n) is 10.4. The van der Waals surface area contributed by atoms with Crippen molar-refractivity contribution in [2.45, 2.75) is 64.2 Å². The number of carbonyl (C=O) groups excluding carboxylic acids is 2. The Morgan fingerprint density at radius 3 is 2.14 bits per heavy atom. The highest BCUT2D eigenvalue weighted by molar-refractivity contribution is 7.86. The molecule has 4 aliphatic rings. The number of oxazole rings is 1. The zero-order chi connectivity index (χ0) is 24.6. The minimum Gasteiger partial charge on any atom is -0.445 e. The van der Waals surface area contributed by atoms with Crippen LogP contribution in [0.4, 0.5) is 0 Å². The summed E-state index contributed by atoms with van der Waals surface area (Å²) in [5, 5.41) is 0. The van der Waals surface area contributed by atoms with E-state index >= 15 is 0 Å². The fourth-order valence-corrected chi connectivity index (χ4v) is 7.68. The number of hydrogen-bond acceptors (Lipinski definition) is 6. The molecule has 0 aliphatic carbocycles. The van der Waals surface area contributed by atoms with Crippen molar-refractivity contribution in [3.05, 3.63) is 17.3 Å². The first-order valence-corrected chi connectivity index (χ1v) is 14.5. The first-order chi connectivity index (χ1) is 16.8. The summed E-state index contributed by atoms with van der Waals surface area (Å²) in [5.74, 6) is 0.962. The summed E-state index contributed by atoms with van der Waals surface area (Å²) in [6, 6.07) is 0. The third kappa shape index (κ3) is 4.99. The minimum atomic E-state index is -3.47. The Balaban J connectivity index is 1.17. The van der Waals surface area contributed by atoms with Crippen molar-refractivity contribution in [2.24, 2.45) is 5.92 Å². The molecule has 1 aromatic rings. The van der Waals surface area contributed by atoms with Crippen molar-refractivity contribution in [2.75, 3.05) is 52.4 Å². The maximum atomic E-state index is 13.3. The van der Waals surface area contributed by atoms with Crippen molar-refractivity contribution < 1.29 is 22.4 Å². The lowest BCUT2D eigenvalue weighted by atomic mass is 9.93. The van der Waals surface area contributed by atoms with E-state index in [1.807, 2.05) is 9.80 Å². The number of likely N-dealkylation sites (tertiary alicyclic amines) is 2. The van der Waals surface area contributed by atoms with Gasteiger partial charge in [0.25, 0.3) is 16.1 Å². The van der Waals surface area contributed by atoms with E-state index in [0.29, 0.717) is 56.5 Å². The third-order valence-corrected chi connectivity index (χ3v) is 10.0. The molecule has 0 bridgehead atoms. The molecule has 5 heterocycles. The summed E-state index contributed by atoms with van der Waals surface area (Å²) in [6.45, 7) is 6.46. The summed E-state index contributed by atoms with van der Waals surface area (Å²) in [7, 11) is -3.47. The van der Waals surface area contributed by atoms with Crippen LogP contribution in [0.15, 0.2) is 4.42 Å². The van der Waals surface area contributed by atoms with Gasteiger partial charge in [0.1, 0.15) is 5.76 Å². The van der Waals surface area contributed by atoms with Crippen LogP contribution in [0, 0.1) is 12.8 Å². The average molecular weight is 508 g/mol. The van der Waals surface area contributed by atoms with Gasteiger partial charge in [-0.1, -0.05) is 0 Å². The molecule has 194 valence electrons. The number of aromatic nitrogens is 1. The number of piperidine rings is 2. The van der Waals surface area contributed by atoms with E-state index < -0.39 is 10.2 Å². The van der Waals surface area contributed by atoms with E-state index in [2.05, 4.69) is 4.98 Å². The van der Waals surface area contributed by atoms with Crippen LogP contribution in [-0.2, 0) is 15.0 Å². The number of rotatable bonds is 5. The Hall–Kier alpha value is -1.98. The molecule has 11 heteroatoms. The molecule has 4 saturated heterocycles. The number of amides is 2. The molecule has 5 rings (SSSR count). The molecule has 10 nitrogen and oxygen atoms in total. The number of nitrogens with zero attached hydrogens (tertiary/aromatic N) is 5. The first-order valence-electron chi connectivity index (χ1n) is 13.1. The Bertz CT molecular complexity index is 1040. The maximum Gasteiger partial charge on any atom is 0.281 e.